The van der Waals surface area contributed by atoms with Gasteiger partial charge < -0.3 is 29.5 Å². The van der Waals surface area contributed by atoms with Crippen LogP contribution in [-0.2, 0) is 10.0 Å². The summed E-state index contributed by atoms with van der Waals surface area (Å²) >= 11 is 0. The molecule has 3 aromatic heterocycles. The van der Waals surface area contributed by atoms with Crippen molar-refractivity contribution in [1.82, 2.24) is 19.6 Å². The van der Waals surface area contributed by atoms with Gasteiger partial charge in [0.05, 0.1) is 34.2 Å². The van der Waals surface area contributed by atoms with E-state index in [1.165, 1.54) is 42.1 Å². The van der Waals surface area contributed by atoms with Gasteiger partial charge in [0, 0.05) is 60.8 Å². The van der Waals surface area contributed by atoms with Gasteiger partial charge in [0.25, 0.3) is 21.6 Å². The maximum absolute atomic E-state index is 16.5. The number of piperidine rings is 1. The molecule has 15 nitrogen and oxygen atoms in total. The van der Waals surface area contributed by atoms with Gasteiger partial charge in [0.1, 0.15) is 27.9 Å². The van der Waals surface area contributed by atoms with E-state index in [9.17, 15) is 28.4 Å². The standard InChI is InChI=1S/C51H58FN7O8S/c1-31(2)36-7-4-5-8-37(36)41-9-6-19-58(41)34-27-51(28-34)16-20-57(21-17-51)42-25-44(67-35-23-33-12-18-53-48(33)55-30-35)39(24-40(42)52)49(60)56-68(64,65)45-26-43(59(62)63)46(47-38(45)13-22-66-47)54-29-32-10-14-50(3,61)15-11-32/h4-5,7-8,12-13,18,22-26,30-32,34,41,54,61H,6,9-11,14-17,19-21,27-29H2,1-3H3,(H,53,55)(H,56,60)/t32?,41-,50?/m0/s1. The number of halogens is 1. The van der Waals surface area contributed by atoms with E-state index >= 15 is 4.39 Å². The molecule has 2 aliphatic heterocycles. The first-order valence-corrected chi connectivity index (χ1v) is 25.3. The predicted octanol–water partition coefficient (Wildman–Crippen LogP) is 10.3. The number of aliphatic hydroxyl groups is 1. The number of nitrogens with one attached hydrogen (secondary N) is 3. The van der Waals surface area contributed by atoms with Crippen LogP contribution in [0.15, 0.2) is 88.6 Å². The van der Waals surface area contributed by atoms with Gasteiger partial charge in [-0.2, -0.15) is 0 Å². The van der Waals surface area contributed by atoms with Gasteiger partial charge >= 0.3 is 0 Å². The molecule has 1 spiro atoms. The number of hydrogen-bond acceptors (Lipinski definition) is 12. The van der Waals surface area contributed by atoms with Gasteiger partial charge in [0.2, 0.25) is 0 Å². The first-order chi connectivity index (χ1) is 32.6. The van der Waals surface area contributed by atoms with Gasteiger partial charge in [-0.15, -0.1) is 0 Å². The largest absolute Gasteiger partial charge is 0.462 e. The Kier molecular flexibility index (Phi) is 12.0. The highest BCUT2D eigenvalue weighted by Crippen LogP contribution is 2.54. The Labute approximate surface area is 394 Å². The molecule has 1 amide bonds. The number of pyridine rings is 1. The molecule has 10 rings (SSSR count). The van der Waals surface area contributed by atoms with Crippen LogP contribution in [0.3, 0.4) is 0 Å². The van der Waals surface area contributed by atoms with E-state index < -0.39 is 48.4 Å². The molecule has 0 bridgehead atoms. The molecule has 6 aromatic rings. The summed E-state index contributed by atoms with van der Waals surface area (Å²) in [5, 5.41) is 26.7. The van der Waals surface area contributed by atoms with Gasteiger partial charge in [-0.3, -0.25) is 19.8 Å². The van der Waals surface area contributed by atoms with Crippen molar-refractivity contribution in [3.63, 3.8) is 0 Å². The zero-order valence-electron chi connectivity index (χ0n) is 38.6. The first kappa shape index (κ1) is 45.7. The van der Waals surface area contributed by atoms with Crippen molar-refractivity contribution < 1.29 is 36.8 Å². The van der Waals surface area contributed by atoms with Crippen molar-refractivity contribution in [3.05, 3.63) is 112 Å². The number of furan rings is 1. The Morgan fingerprint density at radius 3 is 2.57 bits per heavy atom. The van der Waals surface area contributed by atoms with Crippen molar-refractivity contribution in [1.29, 1.82) is 0 Å². The lowest BCUT2D eigenvalue weighted by atomic mass is 9.59. The van der Waals surface area contributed by atoms with E-state index in [2.05, 4.69) is 58.3 Å². The molecule has 4 aliphatic rings. The smallest absolute Gasteiger partial charge is 0.297 e. The number of sulfonamides is 1. The Morgan fingerprint density at radius 1 is 1.06 bits per heavy atom. The minimum atomic E-state index is -4.85. The number of hydrogen-bond donors (Lipinski definition) is 4. The summed E-state index contributed by atoms with van der Waals surface area (Å²) in [6, 6.07) is 18.0. The Morgan fingerprint density at radius 2 is 1.82 bits per heavy atom. The number of H-pyrrole nitrogens is 1. The highest BCUT2D eigenvalue weighted by Gasteiger charge is 2.50. The average Bonchev–Trinajstić information content (AvgIpc) is 4.10. The molecule has 2 saturated carbocycles. The van der Waals surface area contributed by atoms with Crippen LogP contribution in [0, 0.1) is 27.3 Å². The quantitative estimate of drug-likeness (QED) is 0.0633. The Hall–Kier alpha value is -6.04. The van der Waals surface area contributed by atoms with Gasteiger partial charge in [0.15, 0.2) is 11.3 Å². The lowest BCUT2D eigenvalue weighted by Gasteiger charge is -2.56. The average molecular weight is 948 g/mol. The summed E-state index contributed by atoms with van der Waals surface area (Å²) in [7, 11) is -4.85. The van der Waals surface area contributed by atoms with Crippen molar-refractivity contribution >= 4 is 55.0 Å². The molecule has 0 radical (unpaired) electrons. The molecule has 4 N–H and O–H groups in total. The first-order valence-electron chi connectivity index (χ1n) is 23.8. The number of nitro groups is 1. The number of benzene rings is 3. The van der Waals surface area contributed by atoms with E-state index in [1.54, 1.807) is 25.3 Å². The van der Waals surface area contributed by atoms with Crippen molar-refractivity contribution in [2.75, 3.05) is 36.4 Å². The summed E-state index contributed by atoms with van der Waals surface area (Å²) in [4.78, 5) is 37.5. The molecule has 2 aliphatic carbocycles. The number of nitrogens with zero attached hydrogens (tertiary/aromatic N) is 4. The van der Waals surface area contributed by atoms with Crippen LogP contribution in [0.5, 0.6) is 11.5 Å². The zero-order chi connectivity index (χ0) is 47.5. The summed E-state index contributed by atoms with van der Waals surface area (Å²) in [5.74, 6) is -1.23. The predicted molar refractivity (Wildman–Crippen MR) is 257 cm³/mol. The normalized spacial score (nSPS) is 22.2. The van der Waals surface area contributed by atoms with Crippen molar-refractivity contribution in [2.24, 2.45) is 11.3 Å². The highest BCUT2D eigenvalue weighted by molar-refractivity contribution is 7.90. The zero-order valence-corrected chi connectivity index (χ0v) is 39.4. The lowest BCUT2D eigenvalue weighted by Crippen LogP contribution is -2.55. The second-order valence-corrected chi connectivity index (χ2v) is 21.8. The molecule has 0 unspecified atom stereocenters. The Bertz CT molecular complexity index is 3000. The fourth-order valence-corrected chi connectivity index (χ4v) is 12.6. The van der Waals surface area contributed by atoms with Crippen LogP contribution in [0.1, 0.15) is 118 Å². The number of rotatable bonds is 13. The van der Waals surface area contributed by atoms with Gasteiger partial charge in [-0.25, -0.2) is 22.5 Å². The van der Waals surface area contributed by atoms with E-state index in [0.29, 0.717) is 69.0 Å². The third-order valence-corrected chi connectivity index (χ3v) is 16.7. The van der Waals surface area contributed by atoms with Gasteiger partial charge in [-0.1, -0.05) is 38.1 Å². The monoisotopic (exact) mass is 947 g/mol. The van der Waals surface area contributed by atoms with Crippen molar-refractivity contribution in [3.8, 4) is 11.5 Å². The molecule has 4 fully saturated rings. The number of ether oxygens (including phenoxy) is 1. The fourth-order valence-electron chi connectivity index (χ4n) is 11.5. The molecular formula is C51H58FN7O8S. The molecule has 68 heavy (non-hydrogen) atoms. The van der Waals surface area contributed by atoms with Crippen LogP contribution < -0.4 is 19.7 Å². The fraction of sp³-hybridized carbons (Fsp3) is 0.451. The van der Waals surface area contributed by atoms with Crippen molar-refractivity contribution in [2.45, 2.75) is 113 Å². The number of anilines is 2. The second-order valence-electron chi connectivity index (χ2n) is 20.2. The number of amides is 1. The number of carbonyl (C=O) groups is 1. The summed E-state index contributed by atoms with van der Waals surface area (Å²) in [5.41, 5.74) is 2.07. The number of fused-ring (bicyclic) bond motifs is 2. The summed E-state index contributed by atoms with van der Waals surface area (Å²) in [6.45, 7) is 8.92. The number of aromatic nitrogens is 2. The van der Waals surface area contributed by atoms with Gasteiger partial charge in [-0.05, 0) is 130 Å². The van der Waals surface area contributed by atoms with Crippen LogP contribution >= 0.6 is 0 Å². The third kappa shape index (κ3) is 8.79. The maximum atomic E-state index is 16.5. The minimum absolute atomic E-state index is 0.00297. The van der Waals surface area contributed by atoms with Crippen LogP contribution in [0.2, 0.25) is 0 Å². The van der Waals surface area contributed by atoms with E-state index in [4.69, 9.17) is 9.15 Å². The maximum Gasteiger partial charge on any atom is 0.297 e. The SMILES string of the molecule is CC(C)c1ccccc1[C@@H]1CCCN1C1CC2(CCN(c3cc(Oc4cnc5[nH]ccc5c4)c(C(=O)NS(=O)(=O)c4cc([N+](=O)[O-])c(NCC5CCC(C)(O)CC5)c5occc45)cc3F)CC2)C1. The van der Waals surface area contributed by atoms with E-state index in [0.717, 1.165) is 56.2 Å². The number of likely N-dealkylation sites (tertiary alicyclic amines) is 1. The molecular weight excluding hydrogens is 890 g/mol. The molecule has 1 atom stereocenters. The van der Waals surface area contributed by atoms with Crippen LogP contribution in [0.4, 0.5) is 21.5 Å². The topological polar surface area (TPSA) is 196 Å². The second kappa shape index (κ2) is 17.8. The molecule has 2 saturated heterocycles. The number of nitro benzene ring substituents is 1. The van der Waals surface area contributed by atoms with Crippen LogP contribution in [-0.4, -0.2) is 77.0 Å². The van der Waals surface area contributed by atoms with Crippen LogP contribution in [0.25, 0.3) is 22.0 Å². The lowest BCUT2D eigenvalue weighted by molar-refractivity contribution is -0.384. The van der Waals surface area contributed by atoms with E-state index in [1.807, 2.05) is 9.62 Å². The minimum Gasteiger partial charge on any atom is -0.462 e. The molecule has 5 heterocycles. The number of carbonyl (C=O) groups excluding carboxylic acids is 1. The molecule has 17 heteroatoms. The van der Waals surface area contributed by atoms with E-state index in [-0.39, 0.29) is 45.2 Å². The molecule has 3 aromatic carbocycles. The molecule has 358 valence electrons. The summed E-state index contributed by atoms with van der Waals surface area (Å²) < 4.78 is 58.9. The third-order valence-electron chi connectivity index (χ3n) is 15.3. The number of aromatic amines is 1. The Balaban J connectivity index is 0.887. The summed E-state index contributed by atoms with van der Waals surface area (Å²) in [6.07, 6.45) is 13.2. The highest BCUT2D eigenvalue weighted by atomic mass is 32.2.